The Kier molecular flexibility index (Phi) is 3.33. The summed E-state index contributed by atoms with van der Waals surface area (Å²) >= 11 is 0. The Morgan fingerprint density at radius 2 is 1.90 bits per heavy atom. The summed E-state index contributed by atoms with van der Waals surface area (Å²) < 4.78 is 0. The van der Waals surface area contributed by atoms with Crippen LogP contribution in [0, 0.1) is 6.92 Å². The number of hydrogen-bond acceptors (Lipinski definition) is 2. The average molecular weight is 264 g/mol. The van der Waals surface area contributed by atoms with Gasteiger partial charge >= 0.3 is 0 Å². The molecule has 100 valence electrons. The molecule has 0 saturated carbocycles. The fraction of sp³-hybridized carbons (Fsp3) is 0.176. The smallest absolute Gasteiger partial charge is 0.258 e. The number of rotatable bonds is 3. The van der Waals surface area contributed by atoms with Crippen LogP contribution in [0.1, 0.15) is 17.0 Å². The third-order valence-corrected chi connectivity index (χ3v) is 3.39. The molecule has 0 aliphatic carbocycles. The molecule has 0 spiro atoms. The number of fused-ring (bicyclic) bond motifs is 1. The molecule has 1 heterocycles. The molecule has 2 aromatic carbocycles. The Labute approximate surface area is 117 Å². The molecule has 0 aliphatic heterocycles. The Bertz CT molecular complexity index is 805. The number of para-hydroxylation sites is 1. The van der Waals surface area contributed by atoms with Crippen molar-refractivity contribution in [3.8, 4) is 0 Å². The molecule has 0 radical (unpaired) electrons. The van der Waals surface area contributed by atoms with Crippen molar-refractivity contribution in [1.29, 1.82) is 0 Å². The summed E-state index contributed by atoms with van der Waals surface area (Å²) in [6.07, 6.45) is 1.62. The average Bonchev–Trinajstić information content (AvgIpc) is 2.45. The summed E-state index contributed by atoms with van der Waals surface area (Å²) in [6, 6.07) is 15.8. The third kappa shape index (κ3) is 2.62. The minimum Gasteiger partial charge on any atom is -0.310 e. The second-order valence-corrected chi connectivity index (χ2v) is 5.02. The normalized spacial score (nSPS) is 10.8. The highest BCUT2D eigenvalue weighted by Crippen LogP contribution is 2.09. The van der Waals surface area contributed by atoms with Gasteiger partial charge in [0, 0.05) is 6.42 Å². The lowest BCUT2D eigenvalue weighted by Gasteiger charge is -2.04. The van der Waals surface area contributed by atoms with Crippen molar-refractivity contribution < 1.29 is 0 Å². The second kappa shape index (κ2) is 5.29. The standard InChI is InChI=1S/C17H16N2O/c1-12-5-4-6-13(11-12)9-10-16-18-15-8-3-2-7-14(15)17(20)19-16/h2-8,11H,9-10H2,1H3,(H,18,19,20). The molecular formula is C17H16N2O. The first-order valence-electron chi connectivity index (χ1n) is 6.76. The molecule has 0 saturated heterocycles. The van der Waals surface area contributed by atoms with E-state index >= 15 is 0 Å². The number of benzene rings is 2. The summed E-state index contributed by atoms with van der Waals surface area (Å²) in [6.45, 7) is 2.08. The van der Waals surface area contributed by atoms with Gasteiger partial charge < -0.3 is 4.98 Å². The van der Waals surface area contributed by atoms with Gasteiger partial charge in [-0.1, -0.05) is 42.0 Å². The molecule has 1 N–H and O–H groups in total. The predicted octanol–water partition coefficient (Wildman–Crippen LogP) is 3.02. The van der Waals surface area contributed by atoms with Gasteiger partial charge in [0.2, 0.25) is 0 Å². The number of H-pyrrole nitrogens is 1. The van der Waals surface area contributed by atoms with Crippen LogP contribution in [-0.4, -0.2) is 9.97 Å². The van der Waals surface area contributed by atoms with Crippen molar-refractivity contribution in [3.63, 3.8) is 0 Å². The number of hydrogen-bond donors (Lipinski definition) is 1. The molecular weight excluding hydrogens is 248 g/mol. The number of aromatic amines is 1. The van der Waals surface area contributed by atoms with E-state index in [9.17, 15) is 4.79 Å². The van der Waals surface area contributed by atoms with Crippen molar-refractivity contribution in [2.75, 3.05) is 0 Å². The summed E-state index contributed by atoms with van der Waals surface area (Å²) in [5.41, 5.74) is 3.22. The van der Waals surface area contributed by atoms with Gasteiger partial charge in [-0.15, -0.1) is 0 Å². The van der Waals surface area contributed by atoms with E-state index in [2.05, 4.69) is 41.2 Å². The first-order chi connectivity index (χ1) is 9.72. The van der Waals surface area contributed by atoms with Crippen LogP contribution in [-0.2, 0) is 12.8 Å². The van der Waals surface area contributed by atoms with Crippen LogP contribution in [0.5, 0.6) is 0 Å². The van der Waals surface area contributed by atoms with Gasteiger partial charge in [0.05, 0.1) is 10.9 Å². The van der Waals surface area contributed by atoms with E-state index < -0.39 is 0 Å². The fourth-order valence-electron chi connectivity index (χ4n) is 2.38. The Balaban J connectivity index is 1.86. The zero-order valence-corrected chi connectivity index (χ0v) is 11.4. The highest BCUT2D eigenvalue weighted by Gasteiger charge is 2.03. The molecule has 0 fully saturated rings. The molecule has 0 aliphatic rings. The molecule has 0 unspecified atom stereocenters. The maximum atomic E-state index is 12.0. The van der Waals surface area contributed by atoms with Gasteiger partial charge in [-0.3, -0.25) is 4.79 Å². The van der Waals surface area contributed by atoms with Gasteiger partial charge in [-0.2, -0.15) is 0 Å². The lowest BCUT2D eigenvalue weighted by atomic mass is 10.1. The zero-order valence-electron chi connectivity index (χ0n) is 11.4. The van der Waals surface area contributed by atoms with E-state index in [1.807, 2.05) is 18.2 Å². The maximum Gasteiger partial charge on any atom is 0.258 e. The molecule has 3 rings (SSSR count). The molecule has 0 bridgehead atoms. The monoisotopic (exact) mass is 264 g/mol. The molecule has 3 heteroatoms. The maximum absolute atomic E-state index is 12.0. The molecule has 1 aromatic heterocycles. The number of nitrogens with one attached hydrogen (secondary N) is 1. The van der Waals surface area contributed by atoms with Crippen LogP contribution < -0.4 is 5.56 Å². The van der Waals surface area contributed by atoms with Crippen molar-refractivity contribution in [1.82, 2.24) is 9.97 Å². The highest BCUT2D eigenvalue weighted by molar-refractivity contribution is 5.77. The second-order valence-electron chi connectivity index (χ2n) is 5.02. The number of nitrogens with zero attached hydrogens (tertiary/aromatic N) is 1. The van der Waals surface area contributed by atoms with Crippen LogP contribution in [0.15, 0.2) is 53.3 Å². The van der Waals surface area contributed by atoms with Crippen molar-refractivity contribution in [2.45, 2.75) is 19.8 Å². The van der Waals surface area contributed by atoms with E-state index in [1.54, 1.807) is 6.07 Å². The Morgan fingerprint density at radius 1 is 1.05 bits per heavy atom. The lowest BCUT2D eigenvalue weighted by Crippen LogP contribution is -2.12. The first-order valence-corrected chi connectivity index (χ1v) is 6.76. The van der Waals surface area contributed by atoms with E-state index in [0.717, 1.165) is 24.2 Å². The van der Waals surface area contributed by atoms with E-state index in [-0.39, 0.29) is 5.56 Å². The van der Waals surface area contributed by atoms with Gasteiger partial charge in [-0.25, -0.2) is 4.98 Å². The topological polar surface area (TPSA) is 45.8 Å². The number of aryl methyl sites for hydroxylation is 3. The number of aromatic nitrogens is 2. The molecule has 3 nitrogen and oxygen atoms in total. The largest absolute Gasteiger partial charge is 0.310 e. The minimum absolute atomic E-state index is 0.0603. The predicted molar refractivity (Wildman–Crippen MR) is 81.0 cm³/mol. The van der Waals surface area contributed by atoms with Crippen LogP contribution in [0.4, 0.5) is 0 Å². The SMILES string of the molecule is Cc1cccc(CCc2nc3ccccc3c(=O)[nH]2)c1. The van der Waals surface area contributed by atoms with Crippen LogP contribution in [0.2, 0.25) is 0 Å². The van der Waals surface area contributed by atoms with Gasteiger partial charge in [0.1, 0.15) is 5.82 Å². The Morgan fingerprint density at radius 3 is 2.75 bits per heavy atom. The summed E-state index contributed by atoms with van der Waals surface area (Å²) in [4.78, 5) is 19.4. The molecule has 20 heavy (non-hydrogen) atoms. The summed E-state index contributed by atoms with van der Waals surface area (Å²) in [7, 11) is 0. The van der Waals surface area contributed by atoms with Gasteiger partial charge in [-0.05, 0) is 31.0 Å². The van der Waals surface area contributed by atoms with Gasteiger partial charge in [0.25, 0.3) is 5.56 Å². The van der Waals surface area contributed by atoms with Crippen LogP contribution >= 0.6 is 0 Å². The Hall–Kier alpha value is -2.42. The van der Waals surface area contributed by atoms with Crippen molar-refractivity contribution >= 4 is 10.9 Å². The van der Waals surface area contributed by atoms with Crippen LogP contribution in [0.25, 0.3) is 10.9 Å². The molecule has 0 atom stereocenters. The van der Waals surface area contributed by atoms with Crippen molar-refractivity contribution in [3.05, 3.63) is 75.8 Å². The minimum atomic E-state index is -0.0603. The highest BCUT2D eigenvalue weighted by atomic mass is 16.1. The summed E-state index contributed by atoms with van der Waals surface area (Å²) in [5.74, 6) is 0.746. The molecule has 3 aromatic rings. The van der Waals surface area contributed by atoms with Crippen molar-refractivity contribution in [2.24, 2.45) is 0 Å². The molecule has 0 amide bonds. The van der Waals surface area contributed by atoms with E-state index in [4.69, 9.17) is 0 Å². The van der Waals surface area contributed by atoms with E-state index in [1.165, 1.54) is 11.1 Å². The third-order valence-electron chi connectivity index (χ3n) is 3.39. The quantitative estimate of drug-likeness (QED) is 0.790. The first kappa shape index (κ1) is 12.6. The van der Waals surface area contributed by atoms with E-state index in [0.29, 0.717) is 5.39 Å². The fourth-order valence-corrected chi connectivity index (χ4v) is 2.38. The van der Waals surface area contributed by atoms with Gasteiger partial charge in [0.15, 0.2) is 0 Å². The van der Waals surface area contributed by atoms with Crippen LogP contribution in [0.3, 0.4) is 0 Å². The lowest BCUT2D eigenvalue weighted by molar-refractivity contribution is 0.860. The zero-order chi connectivity index (χ0) is 13.9. The summed E-state index contributed by atoms with van der Waals surface area (Å²) in [5, 5.41) is 0.645.